The van der Waals surface area contributed by atoms with Crippen LogP contribution in [0.3, 0.4) is 0 Å². The van der Waals surface area contributed by atoms with Crippen molar-refractivity contribution in [1.82, 2.24) is 0 Å². The molecule has 17 heavy (non-hydrogen) atoms. The van der Waals surface area contributed by atoms with Crippen LogP contribution in [0.25, 0.3) is 9.40 Å². The summed E-state index contributed by atoms with van der Waals surface area (Å²) in [6.07, 6.45) is 0. The Bertz CT molecular complexity index is 608. The van der Waals surface area contributed by atoms with Gasteiger partial charge in [0, 0.05) is 18.7 Å². The summed E-state index contributed by atoms with van der Waals surface area (Å²) in [6, 6.07) is 12.9. The first kappa shape index (κ1) is 11.9. The minimum absolute atomic E-state index is 0.292. The Labute approximate surface area is 125 Å². The molecule has 1 unspecified atom stereocenters. The van der Waals surface area contributed by atoms with Crippen LogP contribution in [0.4, 0.5) is 0 Å². The SMILES string of the molecule is Brc1ccc(C(Br)c2cc3sccc3s2)cc1. The average Bonchev–Trinajstić information content (AvgIpc) is 2.89. The molecule has 0 saturated heterocycles. The molecule has 0 aliphatic rings. The van der Waals surface area contributed by atoms with E-state index in [0.717, 1.165) is 4.47 Å². The number of rotatable bonds is 2. The van der Waals surface area contributed by atoms with Crippen molar-refractivity contribution in [2.24, 2.45) is 0 Å². The van der Waals surface area contributed by atoms with Crippen molar-refractivity contribution in [3.63, 3.8) is 0 Å². The van der Waals surface area contributed by atoms with E-state index in [-0.39, 0.29) is 0 Å². The van der Waals surface area contributed by atoms with Crippen LogP contribution in [0, 0.1) is 0 Å². The highest BCUT2D eigenvalue weighted by atomic mass is 79.9. The molecule has 3 aromatic rings. The van der Waals surface area contributed by atoms with Crippen LogP contribution in [0.2, 0.25) is 0 Å². The summed E-state index contributed by atoms with van der Waals surface area (Å²) in [4.78, 5) is 1.66. The number of benzene rings is 1. The van der Waals surface area contributed by atoms with Gasteiger partial charge < -0.3 is 0 Å². The van der Waals surface area contributed by atoms with E-state index in [1.165, 1.54) is 19.8 Å². The van der Waals surface area contributed by atoms with Crippen molar-refractivity contribution >= 4 is 63.9 Å². The van der Waals surface area contributed by atoms with Crippen LogP contribution in [0.15, 0.2) is 46.3 Å². The van der Waals surface area contributed by atoms with E-state index < -0.39 is 0 Å². The number of hydrogen-bond acceptors (Lipinski definition) is 2. The predicted molar refractivity (Wildman–Crippen MR) is 84.6 cm³/mol. The van der Waals surface area contributed by atoms with E-state index >= 15 is 0 Å². The lowest BCUT2D eigenvalue weighted by Gasteiger charge is -2.07. The van der Waals surface area contributed by atoms with E-state index in [1.54, 1.807) is 11.3 Å². The van der Waals surface area contributed by atoms with Gasteiger partial charge in [0.05, 0.1) is 4.83 Å². The van der Waals surface area contributed by atoms with Crippen molar-refractivity contribution < 1.29 is 0 Å². The first-order valence-electron chi connectivity index (χ1n) is 5.10. The second kappa shape index (κ2) is 4.84. The van der Waals surface area contributed by atoms with Crippen molar-refractivity contribution in [2.75, 3.05) is 0 Å². The van der Waals surface area contributed by atoms with Crippen molar-refractivity contribution in [3.05, 3.63) is 56.7 Å². The van der Waals surface area contributed by atoms with E-state index in [9.17, 15) is 0 Å². The topological polar surface area (TPSA) is 0 Å². The lowest BCUT2D eigenvalue weighted by molar-refractivity contribution is 1.22. The molecular weight excluding hydrogens is 380 g/mol. The van der Waals surface area contributed by atoms with E-state index in [0.29, 0.717) is 4.83 Å². The second-order valence-electron chi connectivity index (χ2n) is 3.71. The molecule has 0 amide bonds. The monoisotopic (exact) mass is 386 g/mol. The minimum Gasteiger partial charge on any atom is -0.143 e. The molecule has 1 atom stereocenters. The third-order valence-electron chi connectivity index (χ3n) is 2.57. The third kappa shape index (κ3) is 2.36. The maximum absolute atomic E-state index is 3.78. The molecule has 4 heteroatoms. The zero-order valence-corrected chi connectivity index (χ0v) is 13.5. The lowest BCUT2D eigenvalue weighted by Crippen LogP contribution is -1.88. The van der Waals surface area contributed by atoms with Crippen molar-refractivity contribution in [1.29, 1.82) is 0 Å². The standard InChI is InChI=1S/C13H8Br2S2/c14-9-3-1-8(2-4-9)13(15)12-7-11-10(17-12)5-6-16-11/h1-7,13H. The van der Waals surface area contributed by atoms with Crippen LogP contribution in [-0.2, 0) is 0 Å². The van der Waals surface area contributed by atoms with E-state index in [2.05, 4.69) is 73.6 Å². The summed E-state index contributed by atoms with van der Waals surface area (Å²) < 4.78 is 3.88. The normalized spacial score (nSPS) is 13.1. The number of fused-ring (bicyclic) bond motifs is 1. The van der Waals surface area contributed by atoms with Gasteiger partial charge in [0.25, 0.3) is 0 Å². The Morgan fingerprint density at radius 1 is 1.00 bits per heavy atom. The Morgan fingerprint density at radius 3 is 2.47 bits per heavy atom. The third-order valence-corrected chi connectivity index (χ3v) is 6.58. The fourth-order valence-electron chi connectivity index (χ4n) is 1.71. The molecule has 2 heterocycles. The van der Waals surface area contributed by atoms with Gasteiger partial charge in [-0.3, -0.25) is 0 Å². The molecule has 2 aromatic heterocycles. The van der Waals surface area contributed by atoms with E-state index in [4.69, 9.17) is 0 Å². The highest BCUT2D eigenvalue weighted by molar-refractivity contribution is 9.10. The van der Waals surface area contributed by atoms with Gasteiger partial charge in [-0.15, -0.1) is 22.7 Å². The largest absolute Gasteiger partial charge is 0.143 e. The highest BCUT2D eigenvalue weighted by Gasteiger charge is 2.13. The number of halogens is 2. The van der Waals surface area contributed by atoms with Crippen LogP contribution < -0.4 is 0 Å². The van der Waals surface area contributed by atoms with Gasteiger partial charge in [-0.1, -0.05) is 44.0 Å². The molecule has 86 valence electrons. The molecule has 0 N–H and O–H groups in total. The summed E-state index contributed by atoms with van der Waals surface area (Å²) in [5, 5.41) is 2.15. The smallest absolute Gasteiger partial charge is 0.0738 e. The summed E-state index contributed by atoms with van der Waals surface area (Å²) >= 11 is 10.9. The van der Waals surface area contributed by atoms with E-state index in [1.807, 2.05) is 11.3 Å². The Kier molecular flexibility index (Phi) is 3.39. The molecule has 0 bridgehead atoms. The molecular formula is C13H8Br2S2. The lowest BCUT2D eigenvalue weighted by atomic mass is 10.1. The van der Waals surface area contributed by atoms with Crippen molar-refractivity contribution in [2.45, 2.75) is 4.83 Å². The maximum Gasteiger partial charge on any atom is 0.0738 e. The van der Waals surface area contributed by atoms with Gasteiger partial charge in [0.1, 0.15) is 0 Å². The van der Waals surface area contributed by atoms with Gasteiger partial charge in [-0.25, -0.2) is 0 Å². The molecule has 0 radical (unpaired) electrons. The van der Waals surface area contributed by atoms with Gasteiger partial charge in [0.15, 0.2) is 0 Å². The average molecular weight is 388 g/mol. The van der Waals surface area contributed by atoms with Gasteiger partial charge in [0.2, 0.25) is 0 Å². The molecule has 1 aromatic carbocycles. The van der Waals surface area contributed by atoms with Gasteiger partial charge in [-0.05, 0) is 35.2 Å². The number of thiophene rings is 2. The van der Waals surface area contributed by atoms with Crippen LogP contribution in [0.1, 0.15) is 15.3 Å². The molecule has 0 aliphatic carbocycles. The molecule has 0 aliphatic heterocycles. The second-order valence-corrected chi connectivity index (χ2v) is 7.61. The molecule has 0 spiro atoms. The summed E-state index contributed by atoms with van der Waals surface area (Å²) in [7, 11) is 0. The number of hydrogen-bond donors (Lipinski definition) is 0. The first-order valence-corrected chi connectivity index (χ1v) is 8.51. The fraction of sp³-hybridized carbons (Fsp3) is 0.0769. The molecule has 0 fully saturated rings. The highest BCUT2D eigenvalue weighted by Crippen LogP contribution is 2.40. The quantitative estimate of drug-likeness (QED) is 0.458. The first-order chi connectivity index (χ1) is 8.24. The predicted octanol–water partition coefficient (Wildman–Crippen LogP) is 6.21. The fourth-order valence-corrected chi connectivity index (χ4v) is 4.81. The van der Waals surface area contributed by atoms with Crippen molar-refractivity contribution in [3.8, 4) is 0 Å². The Morgan fingerprint density at radius 2 is 1.76 bits per heavy atom. The zero-order valence-electron chi connectivity index (χ0n) is 8.69. The Hall–Kier alpha value is -0.160. The van der Waals surface area contributed by atoms with Gasteiger partial charge in [-0.2, -0.15) is 0 Å². The summed E-state index contributed by atoms with van der Waals surface area (Å²) in [5.74, 6) is 0. The Balaban J connectivity index is 1.98. The van der Waals surface area contributed by atoms with Crippen LogP contribution >= 0.6 is 54.5 Å². The zero-order chi connectivity index (χ0) is 11.8. The minimum atomic E-state index is 0.292. The number of alkyl halides is 1. The van der Waals surface area contributed by atoms with Crippen LogP contribution in [-0.4, -0.2) is 0 Å². The summed E-state index contributed by atoms with van der Waals surface area (Å²) in [6.45, 7) is 0. The molecule has 0 saturated carbocycles. The van der Waals surface area contributed by atoms with Gasteiger partial charge >= 0.3 is 0 Å². The summed E-state index contributed by atoms with van der Waals surface area (Å²) in [5.41, 5.74) is 1.29. The maximum atomic E-state index is 3.78. The molecule has 0 nitrogen and oxygen atoms in total. The molecule has 3 rings (SSSR count). The van der Waals surface area contributed by atoms with Crippen LogP contribution in [0.5, 0.6) is 0 Å².